The average Bonchev–Trinajstić information content (AvgIpc) is 1.57. The molecular weight excluding hydrogens is 1790 g/mol. The summed E-state index contributed by atoms with van der Waals surface area (Å²) in [4.78, 5) is 113. The number of halogens is 5. The fourth-order valence-electron chi connectivity index (χ4n) is 12.3. The quantitative estimate of drug-likeness (QED) is 0.0603. The molecule has 12 rings (SSSR count). The van der Waals surface area contributed by atoms with Gasteiger partial charge < -0.3 is 39.9 Å². The van der Waals surface area contributed by atoms with Crippen molar-refractivity contribution in [3.8, 4) is 5.06 Å². The lowest BCUT2D eigenvalue weighted by atomic mass is 10.0. The van der Waals surface area contributed by atoms with Crippen LogP contribution in [-0.2, 0) is 109 Å². The molecule has 31 nitrogen and oxygen atoms in total. The number of hydrogen-bond donors (Lipinski definition) is 4. The van der Waals surface area contributed by atoms with Crippen LogP contribution in [0.4, 0.5) is 19.2 Å². The first-order chi connectivity index (χ1) is 51.3. The van der Waals surface area contributed by atoms with Gasteiger partial charge in [0.15, 0.2) is 44.4 Å². The van der Waals surface area contributed by atoms with Crippen LogP contribution < -0.4 is 26.8 Å². The number of carbonyl (C=O) groups is 5. The van der Waals surface area contributed by atoms with Crippen LogP contribution in [0.25, 0.3) is 0 Å². The highest BCUT2D eigenvalue weighted by Gasteiger charge is 2.67. The first-order valence-electron chi connectivity index (χ1n) is 34.2. The highest BCUT2D eigenvalue weighted by Crippen LogP contribution is 2.57. The van der Waals surface area contributed by atoms with Gasteiger partial charge in [-0.25, -0.2) is 52.8 Å². The number of nitrogens with two attached hydrogens (primary N) is 2. The number of aryl methyl sites for hydroxylation is 2. The highest BCUT2D eigenvalue weighted by atomic mass is 79.9. The van der Waals surface area contributed by atoms with Crippen LogP contribution in [0.3, 0.4) is 0 Å². The zero-order chi connectivity index (χ0) is 86.3. The van der Waals surface area contributed by atoms with E-state index in [2.05, 4.69) is 46.3 Å². The fraction of sp³-hybridized carbons (Fsp3) is 0.609. The van der Waals surface area contributed by atoms with E-state index in [1.165, 1.54) is 40.1 Å². The number of sulfone groups is 4. The van der Waals surface area contributed by atoms with Gasteiger partial charge in [0.05, 0.1) is 66.4 Å². The molecular formula is C69H89BrCl4N8O23S8. The van der Waals surface area contributed by atoms with E-state index in [4.69, 9.17) is 106 Å². The number of amides is 2. The molecule has 8 heterocycles. The van der Waals surface area contributed by atoms with Crippen molar-refractivity contribution in [3.05, 3.63) is 77.4 Å². The lowest BCUT2D eigenvalue weighted by molar-refractivity contribution is -0.193. The standard InChI is InChI=1S/C17H21ClN2O6S2.C17H23ClN2O4S2.C12H15ClN2O2S2.C11H12BrClN2O2S2.C10H18O5.2CO2/c1-15(2,3)26-14(22)19-13-17(5-6-17)28(23,24)8-16(4,20-13)12-10(18)7-11(27-12)25-9-21;1-10-8-11(18)12(25-10)16(5)9-26(22,23)17(6-7-17)13(20-16)19-14(21)24-15(2,3)4;1-7-5-8(13)9(18-7)11(2)6-19(16,17)12(3-4-12)10(14)15-11;1-10(8-6(13)4-7(12)18-8)5-19(16,17)11(2-3-11)9(14)15-10;1-9(2,3)14-7(11)13-8(12)15-10(4,5)6;2*2-1-3/h7,9H,5-6,8H2,1-4H3,(H,19,20,22);8H,6-7,9H2,1-5H3,(H,19,20,21);5H,3-4,6H2,1-2H3,(H2,14,15);4H,2-3,5H2,1H3,(H2,14,15);1-6H3;;/t2*16-;11-;10-;;;/m0000.../s1. The molecule has 0 saturated heterocycles. The zero-order valence-corrected chi connectivity index (χ0v) is 76.0. The van der Waals surface area contributed by atoms with Crippen molar-refractivity contribution >= 4 is 214 Å². The molecule has 4 aromatic heterocycles. The molecule has 0 bridgehead atoms. The Balaban J connectivity index is 0.000000219. The second kappa shape index (κ2) is 34.2. The third-order valence-corrected chi connectivity index (χ3v) is 36.0. The van der Waals surface area contributed by atoms with Crippen molar-refractivity contribution in [1.29, 1.82) is 0 Å². The summed E-state index contributed by atoms with van der Waals surface area (Å²) in [6.45, 7) is 31.5. The summed E-state index contributed by atoms with van der Waals surface area (Å²) < 4.78 is 128. The highest BCUT2D eigenvalue weighted by molar-refractivity contribution is 9.11. The van der Waals surface area contributed by atoms with Crippen molar-refractivity contribution in [1.82, 2.24) is 10.6 Å². The molecule has 6 N–H and O–H groups in total. The Hall–Kier alpha value is -5.97. The largest absolute Gasteiger partial charge is 0.519 e. The maximum absolute atomic E-state index is 13.1. The van der Waals surface area contributed by atoms with Gasteiger partial charge in [0.2, 0.25) is 0 Å². The van der Waals surface area contributed by atoms with Gasteiger partial charge in [0.25, 0.3) is 6.47 Å². The normalized spacial score (nSPS) is 24.5. The minimum Gasteiger partial charge on any atom is -0.444 e. The zero-order valence-electron chi connectivity index (χ0n) is 64.9. The average molecular weight is 1880 g/mol. The number of alkyl carbamates (subject to hydrolysis) is 2. The summed E-state index contributed by atoms with van der Waals surface area (Å²) in [6, 6.07) is 6.84. The molecule has 4 aliphatic carbocycles. The monoisotopic (exact) mass is 1870 g/mol. The van der Waals surface area contributed by atoms with Crippen LogP contribution in [0, 0.1) is 13.8 Å². The molecule has 2 amide bonds. The maximum Gasteiger partial charge on any atom is 0.519 e. The van der Waals surface area contributed by atoms with Crippen LogP contribution >= 0.6 is 108 Å². The Morgan fingerprint density at radius 3 is 0.973 bits per heavy atom. The molecule has 0 unspecified atom stereocenters. The second-order valence-corrected chi connectivity index (χ2v) is 49.0. The van der Waals surface area contributed by atoms with Crippen LogP contribution in [0.1, 0.15) is 191 Å². The van der Waals surface area contributed by atoms with Gasteiger partial charge >= 0.3 is 36.8 Å². The number of thiophene rings is 4. The van der Waals surface area contributed by atoms with Crippen LogP contribution in [0.5, 0.6) is 5.06 Å². The van der Waals surface area contributed by atoms with Gasteiger partial charge in [-0.2, -0.15) is 19.2 Å². The fourth-order valence-corrected chi connectivity index (χ4v) is 28.7. The number of rotatable bonds is 6. The minimum atomic E-state index is -3.63. The summed E-state index contributed by atoms with van der Waals surface area (Å²) in [5, 5.41) is 7.22. The van der Waals surface area contributed by atoms with Crippen molar-refractivity contribution in [2.24, 2.45) is 31.4 Å². The number of aliphatic imine (C=N–C) groups is 4. The van der Waals surface area contributed by atoms with E-state index in [1.54, 1.807) is 123 Å². The molecule has 4 spiro atoms. The second-order valence-electron chi connectivity index (χ2n) is 32.2. The first kappa shape index (κ1) is 95.9. The molecule has 0 radical (unpaired) electrons. The van der Waals surface area contributed by atoms with E-state index in [9.17, 15) is 57.6 Å². The van der Waals surface area contributed by atoms with Gasteiger partial charge in [-0.15, -0.1) is 34.0 Å². The van der Waals surface area contributed by atoms with Gasteiger partial charge in [0.1, 0.15) is 86.9 Å². The van der Waals surface area contributed by atoms with Gasteiger partial charge in [-0.3, -0.25) is 35.4 Å². The molecule has 0 aromatic carbocycles. The van der Waals surface area contributed by atoms with Gasteiger partial charge in [-0.1, -0.05) is 57.7 Å². The van der Waals surface area contributed by atoms with Crippen molar-refractivity contribution in [2.45, 2.75) is 240 Å². The van der Waals surface area contributed by atoms with Crippen LogP contribution in [0.15, 0.2) is 48.0 Å². The van der Waals surface area contributed by atoms with E-state index in [1.807, 2.05) is 19.9 Å². The van der Waals surface area contributed by atoms with E-state index in [0.717, 1.165) is 34.6 Å². The SMILES string of the molecule is CC(C)(C)OC(=O)NC1=N[C@](C)(c2sc(OC=O)cc2Cl)CS(=O)(=O)C12CC2.CC(C)(C)OC(=O)OC(=O)OC(C)(C)C.C[C@@]1(c2sc(Br)cc2Cl)CS(=O)(=O)C2(CC2)C(N)=N1.Cc1cc(Cl)c([C@]2(C)CS(=O)(=O)C3(CC3)C(N)=N2)s1.Cc1cc(Cl)c([C@]2(C)CS(=O)(=O)C3(CC3)C(NC(=O)OC(C)(C)C)=N2)s1.O=C=O.O=C=O. The Kier molecular flexibility index (Phi) is 29.0. The molecule has 4 fully saturated rings. The van der Waals surface area contributed by atoms with E-state index >= 15 is 0 Å². The molecule has 44 heteroatoms. The van der Waals surface area contributed by atoms with Gasteiger partial charge in [-0.05, 0) is 210 Å². The molecule has 4 aromatic rings. The van der Waals surface area contributed by atoms with E-state index < -0.39 is 127 Å². The third kappa shape index (κ3) is 22.7. The number of ether oxygens (including phenoxy) is 6. The Morgan fingerprint density at radius 1 is 0.460 bits per heavy atom. The van der Waals surface area contributed by atoms with Crippen LogP contribution in [0.2, 0.25) is 20.1 Å². The number of amidine groups is 4. The van der Waals surface area contributed by atoms with Crippen molar-refractivity contribution in [3.63, 3.8) is 0 Å². The van der Waals surface area contributed by atoms with E-state index in [-0.39, 0.29) is 75.2 Å². The first-order valence-corrected chi connectivity index (χ1v) is 46.3. The summed E-state index contributed by atoms with van der Waals surface area (Å²) >= 11 is 33.7. The number of nitrogens with zero attached hydrogens (tertiary/aromatic N) is 4. The number of carbonyl (C=O) groups excluding carboxylic acids is 9. The Bertz CT molecular complexity index is 4900. The van der Waals surface area contributed by atoms with Crippen LogP contribution in [-0.4, -0.2) is 165 Å². The van der Waals surface area contributed by atoms with E-state index in [0.29, 0.717) is 76.2 Å². The predicted molar refractivity (Wildman–Crippen MR) is 434 cm³/mol. The molecule has 4 saturated carbocycles. The van der Waals surface area contributed by atoms with Crippen molar-refractivity contribution in [2.75, 3.05) is 23.0 Å². The lowest BCUT2D eigenvalue weighted by Gasteiger charge is -2.35. The Labute approximate surface area is 700 Å². The van der Waals surface area contributed by atoms with Gasteiger partial charge in [0, 0.05) is 15.8 Å². The molecule has 4 atom stereocenters. The molecule has 8 aliphatic rings. The smallest absolute Gasteiger partial charge is 0.444 e. The lowest BCUT2D eigenvalue weighted by Crippen LogP contribution is -2.53. The summed E-state index contributed by atoms with van der Waals surface area (Å²) in [5.74, 6) is 0.290. The summed E-state index contributed by atoms with van der Waals surface area (Å²) in [5.41, 5.74) is 5.07. The molecule has 113 heavy (non-hydrogen) atoms. The number of nitrogens with one attached hydrogen (secondary N) is 2. The molecule has 4 aliphatic heterocycles. The number of hydrogen-bond acceptors (Lipinski definition) is 33. The minimum absolute atomic E-state index is 0.0135. The predicted octanol–water partition coefficient (Wildman–Crippen LogP) is 13.5. The topological polar surface area (TPSA) is 471 Å². The maximum atomic E-state index is 13.1. The Morgan fingerprint density at radius 2 is 0.726 bits per heavy atom. The summed E-state index contributed by atoms with van der Waals surface area (Å²) in [6.07, 6.45) is 0.966. The molecule has 626 valence electrons. The summed E-state index contributed by atoms with van der Waals surface area (Å²) in [7, 11) is -13.7. The third-order valence-electron chi connectivity index (χ3n) is 17.6. The van der Waals surface area contributed by atoms with Crippen molar-refractivity contribution < 1.29 is 105 Å².